The third-order valence-corrected chi connectivity index (χ3v) is 4.99. The van der Waals surface area contributed by atoms with Crippen molar-refractivity contribution in [3.63, 3.8) is 0 Å². The van der Waals surface area contributed by atoms with Crippen LogP contribution in [-0.4, -0.2) is 37.6 Å². The van der Waals surface area contributed by atoms with E-state index in [1.165, 1.54) is 71.1 Å². The fraction of sp³-hybridized carbons (Fsp3) is 1.00. The maximum Gasteiger partial charge on any atom is 0.0107 e. The summed E-state index contributed by atoms with van der Waals surface area (Å²) in [5.41, 5.74) is 0.764. The van der Waals surface area contributed by atoms with Crippen molar-refractivity contribution in [2.24, 2.45) is 11.3 Å². The van der Waals surface area contributed by atoms with E-state index in [1.807, 2.05) is 0 Å². The van der Waals surface area contributed by atoms with E-state index in [1.54, 1.807) is 0 Å². The van der Waals surface area contributed by atoms with Crippen LogP contribution in [0.4, 0.5) is 0 Å². The van der Waals surface area contributed by atoms with Gasteiger partial charge >= 0.3 is 0 Å². The van der Waals surface area contributed by atoms with Gasteiger partial charge in [-0.15, -0.1) is 0 Å². The standard InChI is InChI=1S/C16H32N2/c1-15(2)14-17-10-13-18-11-8-16(9-12-18)6-4-3-5-7-16/h15,17H,3-14H2,1-2H3. The van der Waals surface area contributed by atoms with Crippen molar-refractivity contribution in [2.75, 3.05) is 32.7 Å². The molecule has 106 valence electrons. The van der Waals surface area contributed by atoms with E-state index in [2.05, 4.69) is 24.1 Å². The fourth-order valence-corrected chi connectivity index (χ4v) is 3.68. The van der Waals surface area contributed by atoms with Crippen LogP contribution >= 0.6 is 0 Å². The topological polar surface area (TPSA) is 15.3 Å². The summed E-state index contributed by atoms with van der Waals surface area (Å²) in [6.45, 7) is 10.8. The van der Waals surface area contributed by atoms with Crippen molar-refractivity contribution < 1.29 is 0 Å². The van der Waals surface area contributed by atoms with Gasteiger partial charge in [0.25, 0.3) is 0 Å². The lowest BCUT2D eigenvalue weighted by Gasteiger charge is -2.44. The molecular formula is C16H32N2. The van der Waals surface area contributed by atoms with Crippen LogP contribution in [0.3, 0.4) is 0 Å². The normalized spacial score (nSPS) is 24.8. The van der Waals surface area contributed by atoms with Crippen LogP contribution in [-0.2, 0) is 0 Å². The lowest BCUT2D eigenvalue weighted by Crippen LogP contribution is -2.43. The Balaban J connectivity index is 1.61. The lowest BCUT2D eigenvalue weighted by molar-refractivity contribution is 0.0683. The Morgan fingerprint density at radius 3 is 2.28 bits per heavy atom. The Bertz CT molecular complexity index is 221. The summed E-state index contributed by atoms with van der Waals surface area (Å²) in [7, 11) is 0. The number of rotatable bonds is 5. The molecule has 0 bridgehead atoms. The van der Waals surface area contributed by atoms with Gasteiger partial charge in [0.15, 0.2) is 0 Å². The molecule has 0 unspecified atom stereocenters. The summed E-state index contributed by atoms with van der Waals surface area (Å²) in [6, 6.07) is 0. The number of nitrogens with one attached hydrogen (secondary N) is 1. The Kier molecular flexibility index (Phi) is 5.50. The van der Waals surface area contributed by atoms with Crippen LogP contribution in [0.25, 0.3) is 0 Å². The SMILES string of the molecule is CC(C)CNCCN1CCC2(CCCCC2)CC1. The number of nitrogens with zero attached hydrogens (tertiary/aromatic N) is 1. The first kappa shape index (κ1) is 14.3. The molecule has 0 atom stereocenters. The van der Waals surface area contributed by atoms with E-state index >= 15 is 0 Å². The van der Waals surface area contributed by atoms with Crippen LogP contribution in [0.15, 0.2) is 0 Å². The molecule has 2 fully saturated rings. The minimum Gasteiger partial charge on any atom is -0.315 e. The molecule has 2 rings (SSSR count). The van der Waals surface area contributed by atoms with Gasteiger partial charge in [0, 0.05) is 13.1 Å². The Hall–Kier alpha value is -0.0800. The average molecular weight is 252 g/mol. The third-order valence-electron chi connectivity index (χ3n) is 4.99. The summed E-state index contributed by atoms with van der Waals surface area (Å²) in [4.78, 5) is 2.67. The first-order chi connectivity index (χ1) is 8.70. The Labute approximate surface area is 114 Å². The number of hydrogen-bond acceptors (Lipinski definition) is 2. The molecule has 0 aromatic carbocycles. The first-order valence-electron chi connectivity index (χ1n) is 8.13. The maximum atomic E-state index is 3.56. The van der Waals surface area contributed by atoms with Crippen molar-refractivity contribution in [1.82, 2.24) is 10.2 Å². The Morgan fingerprint density at radius 2 is 1.67 bits per heavy atom. The molecule has 2 nitrogen and oxygen atoms in total. The van der Waals surface area contributed by atoms with Gasteiger partial charge in [-0.1, -0.05) is 33.1 Å². The molecule has 0 amide bonds. The largest absolute Gasteiger partial charge is 0.315 e. The van der Waals surface area contributed by atoms with Gasteiger partial charge in [0.05, 0.1) is 0 Å². The molecule has 1 heterocycles. The van der Waals surface area contributed by atoms with Crippen molar-refractivity contribution >= 4 is 0 Å². The molecule has 1 aliphatic heterocycles. The minimum atomic E-state index is 0.764. The van der Waals surface area contributed by atoms with E-state index in [-0.39, 0.29) is 0 Å². The number of likely N-dealkylation sites (tertiary alicyclic amines) is 1. The molecule has 18 heavy (non-hydrogen) atoms. The fourth-order valence-electron chi connectivity index (χ4n) is 3.68. The van der Waals surface area contributed by atoms with E-state index < -0.39 is 0 Å². The molecule has 1 saturated carbocycles. The van der Waals surface area contributed by atoms with Gasteiger partial charge in [-0.3, -0.25) is 0 Å². The number of piperidine rings is 1. The molecule has 1 spiro atoms. The van der Waals surface area contributed by atoms with Gasteiger partial charge in [-0.2, -0.15) is 0 Å². The summed E-state index contributed by atoms with van der Waals surface area (Å²) in [5.74, 6) is 0.775. The van der Waals surface area contributed by atoms with Crippen LogP contribution in [0.2, 0.25) is 0 Å². The van der Waals surface area contributed by atoms with E-state index in [9.17, 15) is 0 Å². The molecule has 1 saturated heterocycles. The molecular weight excluding hydrogens is 220 g/mol. The molecule has 0 aromatic heterocycles. The zero-order valence-electron chi connectivity index (χ0n) is 12.5. The first-order valence-corrected chi connectivity index (χ1v) is 8.13. The molecule has 2 heteroatoms. The highest BCUT2D eigenvalue weighted by Gasteiger charge is 2.35. The predicted octanol–water partition coefficient (Wildman–Crippen LogP) is 3.28. The summed E-state index contributed by atoms with van der Waals surface area (Å²) >= 11 is 0. The van der Waals surface area contributed by atoms with E-state index in [0.717, 1.165) is 17.9 Å². The summed E-state index contributed by atoms with van der Waals surface area (Å²) in [6.07, 6.45) is 10.5. The zero-order chi connectivity index (χ0) is 12.8. The molecule has 0 radical (unpaired) electrons. The maximum absolute atomic E-state index is 3.56. The molecule has 0 aromatic rings. The third kappa shape index (κ3) is 4.24. The smallest absolute Gasteiger partial charge is 0.0107 e. The highest BCUT2D eigenvalue weighted by atomic mass is 15.1. The van der Waals surface area contributed by atoms with Crippen LogP contribution < -0.4 is 5.32 Å². The number of hydrogen-bond donors (Lipinski definition) is 1. The van der Waals surface area contributed by atoms with E-state index in [0.29, 0.717) is 0 Å². The van der Waals surface area contributed by atoms with Crippen LogP contribution in [0, 0.1) is 11.3 Å². The highest BCUT2D eigenvalue weighted by molar-refractivity contribution is 4.88. The average Bonchev–Trinajstić information content (AvgIpc) is 2.38. The van der Waals surface area contributed by atoms with Crippen molar-refractivity contribution in [3.8, 4) is 0 Å². The summed E-state index contributed by atoms with van der Waals surface area (Å²) in [5, 5.41) is 3.56. The second-order valence-corrected chi connectivity index (χ2v) is 7.00. The van der Waals surface area contributed by atoms with Gasteiger partial charge < -0.3 is 10.2 Å². The Morgan fingerprint density at radius 1 is 1.00 bits per heavy atom. The van der Waals surface area contributed by atoms with Crippen molar-refractivity contribution in [3.05, 3.63) is 0 Å². The van der Waals surface area contributed by atoms with Gasteiger partial charge in [0.2, 0.25) is 0 Å². The molecule has 1 aliphatic carbocycles. The quantitative estimate of drug-likeness (QED) is 0.755. The van der Waals surface area contributed by atoms with E-state index in [4.69, 9.17) is 0 Å². The highest BCUT2D eigenvalue weighted by Crippen LogP contribution is 2.44. The van der Waals surface area contributed by atoms with Crippen molar-refractivity contribution in [2.45, 2.75) is 58.8 Å². The monoisotopic (exact) mass is 252 g/mol. The van der Waals surface area contributed by atoms with Gasteiger partial charge in [0.1, 0.15) is 0 Å². The van der Waals surface area contributed by atoms with Crippen molar-refractivity contribution in [1.29, 1.82) is 0 Å². The van der Waals surface area contributed by atoms with Gasteiger partial charge in [-0.25, -0.2) is 0 Å². The molecule has 2 aliphatic rings. The molecule has 1 N–H and O–H groups in total. The summed E-state index contributed by atoms with van der Waals surface area (Å²) < 4.78 is 0. The zero-order valence-corrected chi connectivity index (χ0v) is 12.5. The second-order valence-electron chi connectivity index (χ2n) is 7.00. The second kappa shape index (κ2) is 6.91. The predicted molar refractivity (Wildman–Crippen MR) is 78.9 cm³/mol. The van der Waals surface area contributed by atoms with Gasteiger partial charge in [-0.05, 0) is 56.7 Å². The van der Waals surface area contributed by atoms with Crippen LogP contribution in [0.1, 0.15) is 58.8 Å². The minimum absolute atomic E-state index is 0.764. The lowest BCUT2D eigenvalue weighted by atomic mass is 9.68. The van der Waals surface area contributed by atoms with Crippen LogP contribution in [0.5, 0.6) is 0 Å².